The number of nitrogens with zero attached hydrogens (tertiary/aromatic N) is 1. The van der Waals surface area contributed by atoms with Crippen molar-refractivity contribution in [3.05, 3.63) is 65.5 Å². The van der Waals surface area contributed by atoms with Crippen molar-refractivity contribution in [1.82, 2.24) is 0 Å². The first kappa shape index (κ1) is 11.2. The first-order chi connectivity index (χ1) is 8.29. The largest absolute Gasteiger partial charge is 0.381 e. The molecule has 0 aliphatic rings. The molecule has 0 unspecified atom stereocenters. The van der Waals surface area contributed by atoms with E-state index < -0.39 is 0 Å². The van der Waals surface area contributed by atoms with E-state index in [2.05, 4.69) is 11.4 Å². The van der Waals surface area contributed by atoms with Crippen LogP contribution in [0.25, 0.3) is 0 Å². The average Bonchev–Trinajstić information content (AvgIpc) is 2.37. The summed E-state index contributed by atoms with van der Waals surface area (Å²) in [5.41, 5.74) is 2.24. The van der Waals surface area contributed by atoms with Crippen LogP contribution in [0.1, 0.15) is 11.1 Å². The van der Waals surface area contributed by atoms with Crippen molar-refractivity contribution in [3.8, 4) is 6.07 Å². The summed E-state index contributed by atoms with van der Waals surface area (Å²) >= 11 is 0. The van der Waals surface area contributed by atoms with Crippen LogP contribution in [0.5, 0.6) is 0 Å². The molecule has 2 rings (SSSR count). The van der Waals surface area contributed by atoms with E-state index in [-0.39, 0.29) is 5.82 Å². The second-order valence-corrected chi connectivity index (χ2v) is 3.63. The van der Waals surface area contributed by atoms with Crippen molar-refractivity contribution in [2.24, 2.45) is 0 Å². The molecule has 0 saturated carbocycles. The Hall–Kier alpha value is -2.34. The number of anilines is 1. The number of hydrogen-bond donors (Lipinski definition) is 1. The molecule has 0 aromatic heterocycles. The Kier molecular flexibility index (Phi) is 3.37. The summed E-state index contributed by atoms with van der Waals surface area (Å²) in [6, 6.07) is 15.7. The molecular formula is C14H11FN2. The lowest BCUT2D eigenvalue weighted by Gasteiger charge is -2.07. The zero-order valence-corrected chi connectivity index (χ0v) is 9.15. The minimum Gasteiger partial charge on any atom is -0.381 e. The molecule has 0 fully saturated rings. The van der Waals surface area contributed by atoms with E-state index in [0.29, 0.717) is 17.8 Å². The standard InChI is InChI=1S/C14H11FN2/c15-13-6-3-7-14(8-13)17-10-12-5-2-1-4-11(12)9-16/h1-8,17H,10H2. The Morgan fingerprint density at radius 3 is 2.71 bits per heavy atom. The van der Waals surface area contributed by atoms with Gasteiger partial charge in [-0.05, 0) is 29.8 Å². The first-order valence-corrected chi connectivity index (χ1v) is 5.27. The fourth-order valence-corrected chi connectivity index (χ4v) is 1.58. The highest BCUT2D eigenvalue weighted by Crippen LogP contribution is 2.13. The number of nitriles is 1. The summed E-state index contributed by atoms with van der Waals surface area (Å²) in [5.74, 6) is -0.274. The van der Waals surface area contributed by atoms with Gasteiger partial charge in [0.05, 0.1) is 11.6 Å². The maximum Gasteiger partial charge on any atom is 0.125 e. The Morgan fingerprint density at radius 1 is 1.12 bits per heavy atom. The number of benzene rings is 2. The van der Waals surface area contributed by atoms with E-state index in [0.717, 1.165) is 5.56 Å². The number of nitrogens with one attached hydrogen (secondary N) is 1. The fourth-order valence-electron chi connectivity index (χ4n) is 1.58. The van der Waals surface area contributed by atoms with Gasteiger partial charge in [0.25, 0.3) is 0 Å². The molecule has 3 heteroatoms. The van der Waals surface area contributed by atoms with Gasteiger partial charge in [0, 0.05) is 12.2 Å². The SMILES string of the molecule is N#Cc1ccccc1CNc1cccc(F)c1. The summed E-state index contributed by atoms with van der Waals surface area (Å²) in [6.07, 6.45) is 0. The number of hydrogen-bond acceptors (Lipinski definition) is 2. The van der Waals surface area contributed by atoms with Gasteiger partial charge in [0.15, 0.2) is 0 Å². The van der Waals surface area contributed by atoms with Crippen molar-refractivity contribution in [2.75, 3.05) is 5.32 Å². The second kappa shape index (κ2) is 5.13. The van der Waals surface area contributed by atoms with Crippen molar-refractivity contribution < 1.29 is 4.39 Å². The molecule has 2 aromatic rings. The van der Waals surface area contributed by atoms with Gasteiger partial charge in [-0.25, -0.2) is 4.39 Å². The second-order valence-electron chi connectivity index (χ2n) is 3.63. The van der Waals surface area contributed by atoms with E-state index in [4.69, 9.17) is 5.26 Å². The lowest BCUT2D eigenvalue weighted by Crippen LogP contribution is -2.01. The minimum atomic E-state index is -0.274. The van der Waals surface area contributed by atoms with Gasteiger partial charge >= 0.3 is 0 Å². The molecule has 17 heavy (non-hydrogen) atoms. The summed E-state index contributed by atoms with van der Waals surface area (Å²) in [4.78, 5) is 0. The zero-order valence-electron chi connectivity index (χ0n) is 9.15. The van der Waals surface area contributed by atoms with Crippen LogP contribution in [0.3, 0.4) is 0 Å². The summed E-state index contributed by atoms with van der Waals surface area (Å²) < 4.78 is 12.9. The molecule has 0 radical (unpaired) electrons. The molecule has 0 aliphatic heterocycles. The molecular weight excluding hydrogens is 215 g/mol. The maximum absolute atomic E-state index is 12.9. The molecule has 2 aromatic carbocycles. The Balaban J connectivity index is 2.10. The fraction of sp³-hybridized carbons (Fsp3) is 0.0714. The van der Waals surface area contributed by atoms with Crippen LogP contribution in [0.2, 0.25) is 0 Å². The van der Waals surface area contributed by atoms with Crippen LogP contribution in [0.4, 0.5) is 10.1 Å². The molecule has 1 N–H and O–H groups in total. The van der Waals surface area contributed by atoms with E-state index in [1.807, 2.05) is 18.2 Å². The van der Waals surface area contributed by atoms with Crippen LogP contribution >= 0.6 is 0 Å². The zero-order chi connectivity index (χ0) is 12.1. The third-order valence-corrected chi connectivity index (χ3v) is 2.45. The highest BCUT2D eigenvalue weighted by molar-refractivity contribution is 5.46. The van der Waals surface area contributed by atoms with Crippen molar-refractivity contribution >= 4 is 5.69 Å². The normalized spacial score (nSPS) is 9.65. The van der Waals surface area contributed by atoms with Gasteiger partial charge in [-0.3, -0.25) is 0 Å². The lowest BCUT2D eigenvalue weighted by atomic mass is 10.1. The summed E-state index contributed by atoms with van der Waals surface area (Å²) in [6.45, 7) is 0.507. The van der Waals surface area contributed by atoms with Crippen LogP contribution in [0, 0.1) is 17.1 Å². The molecule has 0 aliphatic carbocycles. The molecule has 2 nitrogen and oxygen atoms in total. The molecule has 0 saturated heterocycles. The number of halogens is 1. The quantitative estimate of drug-likeness (QED) is 0.871. The lowest BCUT2D eigenvalue weighted by molar-refractivity contribution is 0.628. The van der Waals surface area contributed by atoms with Gasteiger partial charge in [-0.15, -0.1) is 0 Å². The van der Waals surface area contributed by atoms with E-state index >= 15 is 0 Å². The third kappa shape index (κ3) is 2.82. The molecule has 0 bridgehead atoms. The Bertz CT molecular complexity index is 558. The smallest absolute Gasteiger partial charge is 0.125 e. The molecule has 0 atom stereocenters. The highest BCUT2D eigenvalue weighted by atomic mass is 19.1. The molecule has 0 amide bonds. The molecule has 0 spiro atoms. The van der Waals surface area contributed by atoms with Gasteiger partial charge in [0.1, 0.15) is 5.82 Å². The van der Waals surface area contributed by atoms with Gasteiger partial charge in [-0.1, -0.05) is 24.3 Å². The predicted octanol–water partition coefficient (Wildman–Crippen LogP) is 3.31. The first-order valence-electron chi connectivity index (χ1n) is 5.27. The third-order valence-electron chi connectivity index (χ3n) is 2.45. The van der Waals surface area contributed by atoms with Crippen LogP contribution in [-0.2, 0) is 6.54 Å². The van der Waals surface area contributed by atoms with Crippen molar-refractivity contribution in [3.63, 3.8) is 0 Å². The van der Waals surface area contributed by atoms with E-state index in [9.17, 15) is 4.39 Å². The van der Waals surface area contributed by atoms with Gasteiger partial charge in [0.2, 0.25) is 0 Å². The van der Waals surface area contributed by atoms with E-state index in [1.165, 1.54) is 12.1 Å². The van der Waals surface area contributed by atoms with Gasteiger partial charge < -0.3 is 5.32 Å². The monoisotopic (exact) mass is 226 g/mol. The van der Waals surface area contributed by atoms with E-state index in [1.54, 1.807) is 18.2 Å². The van der Waals surface area contributed by atoms with Crippen molar-refractivity contribution in [2.45, 2.75) is 6.54 Å². The predicted molar refractivity (Wildman–Crippen MR) is 64.9 cm³/mol. The Morgan fingerprint density at radius 2 is 1.94 bits per heavy atom. The summed E-state index contributed by atoms with van der Waals surface area (Å²) in [5, 5.41) is 12.0. The topological polar surface area (TPSA) is 35.8 Å². The molecule has 0 heterocycles. The molecule has 84 valence electrons. The van der Waals surface area contributed by atoms with Crippen LogP contribution < -0.4 is 5.32 Å². The minimum absolute atomic E-state index is 0.274. The number of rotatable bonds is 3. The Labute approximate surface area is 99.3 Å². The van der Waals surface area contributed by atoms with Crippen LogP contribution in [0.15, 0.2) is 48.5 Å². The summed E-state index contributed by atoms with van der Waals surface area (Å²) in [7, 11) is 0. The van der Waals surface area contributed by atoms with Crippen LogP contribution in [-0.4, -0.2) is 0 Å². The maximum atomic E-state index is 12.9. The highest BCUT2D eigenvalue weighted by Gasteiger charge is 2.00. The average molecular weight is 226 g/mol. The van der Waals surface area contributed by atoms with Crippen molar-refractivity contribution in [1.29, 1.82) is 5.26 Å². The van der Waals surface area contributed by atoms with Gasteiger partial charge in [-0.2, -0.15) is 5.26 Å².